The third-order valence-electron chi connectivity index (χ3n) is 4.79. The van der Waals surface area contributed by atoms with Crippen molar-refractivity contribution in [2.75, 3.05) is 17.7 Å². The summed E-state index contributed by atoms with van der Waals surface area (Å²) in [7, 11) is 0. The molecule has 0 atom stereocenters. The van der Waals surface area contributed by atoms with Crippen molar-refractivity contribution in [1.82, 2.24) is 19.7 Å². The average molecular weight is 490 g/mol. The van der Waals surface area contributed by atoms with Crippen LogP contribution in [0, 0.1) is 20.8 Å². The molecule has 0 bridgehead atoms. The van der Waals surface area contributed by atoms with Crippen molar-refractivity contribution in [3.8, 4) is 5.75 Å². The smallest absolute Gasteiger partial charge is 0.350 e. The molecule has 1 aromatic carbocycles. The topological polar surface area (TPSA) is 108 Å². The van der Waals surface area contributed by atoms with Crippen LogP contribution in [0.15, 0.2) is 23.4 Å². The van der Waals surface area contributed by atoms with Gasteiger partial charge in [-0.15, -0.1) is 10.2 Å². The van der Waals surface area contributed by atoms with Crippen molar-refractivity contribution in [1.29, 1.82) is 0 Å². The van der Waals surface area contributed by atoms with Crippen LogP contribution >= 0.6 is 23.1 Å². The SMILES string of the molecule is CCOC(=O)c1sc(NC(=O)CSc2nnc(COc3ccc(C)c(C)c3)n2CC)nc1C. The molecule has 1 N–H and O–H groups in total. The van der Waals surface area contributed by atoms with Crippen LogP contribution in [0.3, 0.4) is 0 Å². The number of rotatable bonds is 10. The Kier molecular flexibility index (Phi) is 8.45. The first kappa shape index (κ1) is 24.7. The molecule has 176 valence electrons. The Morgan fingerprint density at radius 2 is 1.94 bits per heavy atom. The summed E-state index contributed by atoms with van der Waals surface area (Å²) in [5.74, 6) is 0.909. The molecule has 3 aromatic rings. The van der Waals surface area contributed by atoms with Crippen LogP contribution in [0.4, 0.5) is 5.13 Å². The van der Waals surface area contributed by atoms with Gasteiger partial charge >= 0.3 is 5.97 Å². The van der Waals surface area contributed by atoms with E-state index in [0.29, 0.717) is 33.2 Å². The van der Waals surface area contributed by atoms with Crippen molar-refractivity contribution < 1.29 is 19.1 Å². The molecule has 11 heteroatoms. The molecule has 9 nitrogen and oxygen atoms in total. The van der Waals surface area contributed by atoms with E-state index in [2.05, 4.69) is 27.4 Å². The largest absolute Gasteiger partial charge is 0.486 e. The van der Waals surface area contributed by atoms with Crippen LogP contribution in [0.1, 0.15) is 46.2 Å². The van der Waals surface area contributed by atoms with Crippen molar-refractivity contribution in [2.45, 2.75) is 52.9 Å². The molecule has 3 rings (SSSR count). The van der Waals surface area contributed by atoms with Gasteiger partial charge in [0.1, 0.15) is 17.2 Å². The second-order valence-corrected chi connectivity index (χ2v) is 9.11. The maximum absolute atomic E-state index is 12.4. The minimum Gasteiger partial charge on any atom is -0.486 e. The molecular formula is C22H27N5O4S2. The number of ether oxygens (including phenoxy) is 2. The van der Waals surface area contributed by atoms with E-state index in [4.69, 9.17) is 9.47 Å². The van der Waals surface area contributed by atoms with Crippen molar-refractivity contribution in [3.05, 3.63) is 45.7 Å². The quantitative estimate of drug-likeness (QED) is 0.334. The van der Waals surface area contributed by atoms with Crippen LogP contribution < -0.4 is 10.1 Å². The third-order valence-corrected chi connectivity index (χ3v) is 6.81. The Bertz CT molecular complexity index is 1140. The van der Waals surface area contributed by atoms with Crippen LogP contribution in [0.5, 0.6) is 5.75 Å². The van der Waals surface area contributed by atoms with Gasteiger partial charge in [-0.3, -0.25) is 4.79 Å². The predicted molar refractivity (Wildman–Crippen MR) is 128 cm³/mol. The number of thiazole rings is 1. The van der Waals surface area contributed by atoms with Gasteiger partial charge in [0.25, 0.3) is 0 Å². The van der Waals surface area contributed by atoms with E-state index in [-0.39, 0.29) is 24.9 Å². The molecule has 0 saturated heterocycles. The Balaban J connectivity index is 1.57. The van der Waals surface area contributed by atoms with E-state index >= 15 is 0 Å². The minimum atomic E-state index is -0.436. The summed E-state index contributed by atoms with van der Waals surface area (Å²) in [6.45, 7) is 10.8. The van der Waals surface area contributed by atoms with Crippen molar-refractivity contribution >= 4 is 40.1 Å². The zero-order valence-corrected chi connectivity index (χ0v) is 20.9. The van der Waals surface area contributed by atoms with Crippen LogP contribution in [0.25, 0.3) is 0 Å². The molecule has 1 amide bonds. The number of nitrogens with zero attached hydrogens (tertiary/aromatic N) is 4. The standard InChI is InChI=1S/C22H27N5O4S2/c1-6-27-17(11-31-16-9-8-13(3)14(4)10-16)25-26-22(27)32-12-18(28)24-21-23-15(5)19(33-21)20(29)30-7-2/h8-10H,6-7,11-12H2,1-5H3,(H,23,24,28). The van der Waals surface area contributed by atoms with Crippen molar-refractivity contribution in [2.24, 2.45) is 0 Å². The first-order chi connectivity index (χ1) is 15.8. The summed E-state index contributed by atoms with van der Waals surface area (Å²) in [6.07, 6.45) is 0. The molecule has 2 heterocycles. The highest BCUT2D eigenvalue weighted by Gasteiger charge is 2.18. The molecule has 0 aliphatic carbocycles. The van der Waals surface area contributed by atoms with Gasteiger partial charge in [0.15, 0.2) is 16.1 Å². The predicted octanol–water partition coefficient (Wildman–Crippen LogP) is 4.17. The Labute approximate surface area is 200 Å². The number of aromatic nitrogens is 4. The van der Waals surface area contributed by atoms with Crippen molar-refractivity contribution in [3.63, 3.8) is 0 Å². The molecule has 0 aliphatic heterocycles. The lowest BCUT2D eigenvalue weighted by Crippen LogP contribution is -2.14. The highest BCUT2D eigenvalue weighted by atomic mass is 32.2. The van der Waals surface area contributed by atoms with E-state index in [1.807, 2.05) is 36.6 Å². The van der Waals surface area contributed by atoms with E-state index in [0.717, 1.165) is 22.6 Å². The van der Waals surface area contributed by atoms with Crippen LogP contribution in [-0.4, -0.2) is 44.0 Å². The highest BCUT2D eigenvalue weighted by molar-refractivity contribution is 7.99. The van der Waals surface area contributed by atoms with Gasteiger partial charge in [0, 0.05) is 6.54 Å². The van der Waals surface area contributed by atoms with E-state index in [1.165, 1.54) is 17.3 Å². The Hall–Kier alpha value is -2.92. The maximum atomic E-state index is 12.4. The summed E-state index contributed by atoms with van der Waals surface area (Å²) in [6, 6.07) is 5.95. The first-order valence-corrected chi connectivity index (χ1v) is 12.3. The monoisotopic (exact) mass is 489 g/mol. The fourth-order valence-electron chi connectivity index (χ4n) is 2.92. The van der Waals surface area contributed by atoms with Crippen LogP contribution in [-0.2, 0) is 22.7 Å². The van der Waals surface area contributed by atoms with Gasteiger partial charge < -0.3 is 19.4 Å². The number of hydrogen-bond acceptors (Lipinski definition) is 9. The maximum Gasteiger partial charge on any atom is 0.350 e. The molecule has 0 saturated carbocycles. The summed E-state index contributed by atoms with van der Waals surface area (Å²) < 4.78 is 12.8. The average Bonchev–Trinajstić information content (AvgIpc) is 3.35. The lowest BCUT2D eigenvalue weighted by molar-refractivity contribution is -0.113. The Morgan fingerprint density at radius 1 is 1.15 bits per heavy atom. The second kappa shape index (κ2) is 11.3. The van der Waals surface area contributed by atoms with Crippen LogP contribution in [0.2, 0.25) is 0 Å². The third kappa shape index (κ3) is 6.32. The fraction of sp³-hybridized carbons (Fsp3) is 0.409. The molecule has 0 fully saturated rings. The number of amides is 1. The first-order valence-electron chi connectivity index (χ1n) is 10.5. The summed E-state index contributed by atoms with van der Waals surface area (Å²) in [4.78, 5) is 29.0. The number of carbonyl (C=O) groups is 2. The lowest BCUT2D eigenvalue weighted by atomic mass is 10.1. The molecule has 0 spiro atoms. The molecule has 2 aromatic heterocycles. The summed E-state index contributed by atoms with van der Waals surface area (Å²) in [5.41, 5.74) is 2.90. The zero-order valence-electron chi connectivity index (χ0n) is 19.3. The number of carbonyl (C=O) groups excluding carboxylic acids is 2. The fourth-order valence-corrected chi connectivity index (χ4v) is 4.62. The van der Waals surface area contributed by atoms with Gasteiger partial charge in [-0.25, -0.2) is 9.78 Å². The number of esters is 1. The zero-order chi connectivity index (χ0) is 24.0. The Morgan fingerprint density at radius 3 is 2.64 bits per heavy atom. The van der Waals surface area contributed by atoms with E-state index in [9.17, 15) is 9.59 Å². The minimum absolute atomic E-state index is 0.128. The van der Waals surface area contributed by atoms with Gasteiger partial charge in [-0.05, 0) is 57.9 Å². The summed E-state index contributed by atoms with van der Waals surface area (Å²) >= 11 is 2.38. The number of anilines is 1. The molecular weight excluding hydrogens is 462 g/mol. The normalized spacial score (nSPS) is 10.8. The number of aryl methyl sites for hydroxylation is 3. The molecule has 0 radical (unpaired) electrons. The van der Waals surface area contributed by atoms with Gasteiger partial charge in [0.2, 0.25) is 5.91 Å². The molecule has 0 aliphatic rings. The number of nitrogens with one attached hydrogen (secondary N) is 1. The van der Waals surface area contributed by atoms with Gasteiger partial charge in [-0.2, -0.15) is 0 Å². The highest BCUT2D eigenvalue weighted by Crippen LogP contribution is 2.25. The summed E-state index contributed by atoms with van der Waals surface area (Å²) in [5, 5.41) is 12.2. The lowest BCUT2D eigenvalue weighted by Gasteiger charge is -2.10. The van der Waals surface area contributed by atoms with E-state index in [1.54, 1.807) is 13.8 Å². The second-order valence-electron chi connectivity index (χ2n) is 7.17. The van der Waals surface area contributed by atoms with E-state index < -0.39 is 5.97 Å². The number of hydrogen-bond donors (Lipinski definition) is 1. The number of thioether (sulfide) groups is 1. The number of benzene rings is 1. The molecule has 0 unspecified atom stereocenters. The molecule has 33 heavy (non-hydrogen) atoms. The van der Waals surface area contributed by atoms with Gasteiger partial charge in [-0.1, -0.05) is 29.2 Å². The van der Waals surface area contributed by atoms with Gasteiger partial charge in [0.05, 0.1) is 18.1 Å².